The summed E-state index contributed by atoms with van der Waals surface area (Å²) in [6.45, 7) is 1.93. The van der Waals surface area contributed by atoms with E-state index < -0.39 is 10.0 Å². The molecular formula is C10H17N3O2S2. The number of aromatic nitrogens is 2. The molecule has 0 amide bonds. The molecule has 5 nitrogen and oxygen atoms in total. The smallest absolute Gasteiger partial charge is 0.257 e. The summed E-state index contributed by atoms with van der Waals surface area (Å²) in [6.07, 6.45) is 4.08. The molecule has 7 heteroatoms. The Hall–Kier alpha value is -0.530. The Kier molecular flexibility index (Phi) is 4.11. The van der Waals surface area contributed by atoms with Crippen molar-refractivity contribution in [1.82, 2.24) is 14.7 Å². The third-order valence-electron chi connectivity index (χ3n) is 2.71. The maximum atomic E-state index is 12.0. The molecule has 2 heterocycles. The van der Waals surface area contributed by atoms with Gasteiger partial charge in [-0.2, -0.15) is 11.8 Å². The first kappa shape index (κ1) is 12.9. The highest BCUT2D eigenvalue weighted by molar-refractivity contribution is 7.99. The van der Waals surface area contributed by atoms with Gasteiger partial charge < -0.3 is 4.98 Å². The van der Waals surface area contributed by atoms with Gasteiger partial charge in [0.2, 0.25) is 0 Å². The lowest BCUT2D eigenvalue weighted by Gasteiger charge is -2.21. The normalized spacial score (nSPS) is 21.6. The molecule has 0 aromatic carbocycles. The monoisotopic (exact) mass is 275 g/mol. The highest BCUT2D eigenvalue weighted by Gasteiger charge is 2.23. The van der Waals surface area contributed by atoms with Crippen LogP contribution in [0.4, 0.5) is 0 Å². The minimum Gasteiger partial charge on any atom is -0.332 e. The molecule has 0 spiro atoms. The lowest BCUT2D eigenvalue weighted by atomic mass is 10.2. The van der Waals surface area contributed by atoms with E-state index in [9.17, 15) is 8.42 Å². The molecule has 1 fully saturated rings. The van der Waals surface area contributed by atoms with E-state index in [1.807, 2.05) is 6.92 Å². The predicted octanol–water partition coefficient (Wildman–Crippen LogP) is 1.15. The molecule has 2 rings (SSSR count). The molecule has 0 radical (unpaired) electrons. The molecule has 1 aliphatic rings. The Labute approximate surface area is 106 Å². The number of aryl methyl sites for hydroxylation is 1. The van der Waals surface area contributed by atoms with Gasteiger partial charge in [0, 0.05) is 18.2 Å². The zero-order chi connectivity index (χ0) is 12.3. The van der Waals surface area contributed by atoms with Crippen molar-refractivity contribution in [3.63, 3.8) is 0 Å². The van der Waals surface area contributed by atoms with Crippen molar-refractivity contribution >= 4 is 21.8 Å². The highest BCUT2D eigenvalue weighted by Crippen LogP contribution is 2.18. The Morgan fingerprint density at radius 3 is 3.06 bits per heavy atom. The van der Waals surface area contributed by atoms with Crippen molar-refractivity contribution in [3.05, 3.63) is 12.0 Å². The van der Waals surface area contributed by atoms with Crippen LogP contribution in [0.5, 0.6) is 0 Å². The van der Waals surface area contributed by atoms with E-state index in [2.05, 4.69) is 14.7 Å². The van der Waals surface area contributed by atoms with Gasteiger partial charge in [0.1, 0.15) is 5.82 Å². The summed E-state index contributed by atoms with van der Waals surface area (Å²) in [6, 6.07) is 0.0483. The molecule has 2 N–H and O–H groups in total. The average Bonchev–Trinajstić information content (AvgIpc) is 2.79. The molecule has 0 saturated carbocycles. The number of aromatic amines is 1. The van der Waals surface area contributed by atoms with Gasteiger partial charge in [-0.3, -0.25) is 0 Å². The van der Waals surface area contributed by atoms with Crippen molar-refractivity contribution in [3.8, 4) is 0 Å². The van der Waals surface area contributed by atoms with Crippen LogP contribution < -0.4 is 4.72 Å². The lowest BCUT2D eigenvalue weighted by molar-refractivity contribution is 0.540. The largest absolute Gasteiger partial charge is 0.332 e. The zero-order valence-corrected chi connectivity index (χ0v) is 11.4. The van der Waals surface area contributed by atoms with Gasteiger partial charge >= 0.3 is 0 Å². The molecule has 0 aliphatic carbocycles. The van der Waals surface area contributed by atoms with Gasteiger partial charge in [0.25, 0.3) is 10.0 Å². The number of rotatable bonds is 4. The molecule has 1 aliphatic heterocycles. The van der Waals surface area contributed by atoms with Gasteiger partial charge in [-0.25, -0.2) is 18.1 Å². The fourth-order valence-corrected chi connectivity index (χ4v) is 4.16. The second-order valence-electron chi connectivity index (χ2n) is 4.08. The Morgan fingerprint density at radius 1 is 1.65 bits per heavy atom. The number of H-pyrrole nitrogens is 1. The summed E-state index contributed by atoms with van der Waals surface area (Å²) in [7, 11) is -3.43. The molecule has 1 saturated heterocycles. The quantitative estimate of drug-likeness (QED) is 0.864. The van der Waals surface area contributed by atoms with Gasteiger partial charge in [0.05, 0.1) is 6.20 Å². The first-order chi connectivity index (χ1) is 8.12. The zero-order valence-electron chi connectivity index (χ0n) is 9.77. The second-order valence-corrected chi connectivity index (χ2v) is 6.92. The minimum absolute atomic E-state index is 0.0483. The summed E-state index contributed by atoms with van der Waals surface area (Å²) < 4.78 is 26.8. The topological polar surface area (TPSA) is 74.8 Å². The second kappa shape index (κ2) is 5.41. The molecule has 0 bridgehead atoms. The molecule has 1 unspecified atom stereocenters. The molecule has 1 atom stereocenters. The van der Waals surface area contributed by atoms with Crippen LogP contribution in [0.15, 0.2) is 11.2 Å². The summed E-state index contributed by atoms with van der Waals surface area (Å²) >= 11 is 1.80. The van der Waals surface area contributed by atoms with Crippen LogP contribution in [-0.4, -0.2) is 35.9 Å². The van der Waals surface area contributed by atoms with Gasteiger partial charge in [-0.15, -0.1) is 0 Å². The Bertz CT molecular complexity index is 464. The van der Waals surface area contributed by atoms with Gasteiger partial charge in [0.15, 0.2) is 5.03 Å². The van der Waals surface area contributed by atoms with E-state index in [0.29, 0.717) is 12.2 Å². The fraction of sp³-hybridized carbons (Fsp3) is 0.700. The van der Waals surface area contributed by atoms with Crippen LogP contribution in [0.2, 0.25) is 0 Å². The minimum atomic E-state index is -3.43. The molecule has 96 valence electrons. The molecule has 1 aromatic rings. The van der Waals surface area contributed by atoms with Crippen LogP contribution in [-0.2, 0) is 16.4 Å². The van der Waals surface area contributed by atoms with E-state index in [0.717, 1.165) is 24.3 Å². The van der Waals surface area contributed by atoms with Crippen molar-refractivity contribution in [2.45, 2.75) is 37.3 Å². The first-order valence-corrected chi connectivity index (χ1v) is 8.39. The van der Waals surface area contributed by atoms with Crippen LogP contribution >= 0.6 is 11.8 Å². The van der Waals surface area contributed by atoms with Crippen molar-refractivity contribution in [1.29, 1.82) is 0 Å². The Balaban J connectivity index is 2.07. The standard InChI is InChI=1S/C10H17N3O2S2/c1-2-9-11-6-10(12-9)17(14,15)13-8-4-3-5-16-7-8/h6,8,13H,2-5,7H2,1H3,(H,11,12). The average molecular weight is 275 g/mol. The number of nitrogens with one attached hydrogen (secondary N) is 2. The van der Waals surface area contributed by atoms with Crippen LogP contribution in [0.1, 0.15) is 25.6 Å². The van der Waals surface area contributed by atoms with Crippen molar-refractivity contribution < 1.29 is 8.42 Å². The highest BCUT2D eigenvalue weighted by atomic mass is 32.2. The number of hydrogen-bond acceptors (Lipinski definition) is 4. The predicted molar refractivity (Wildman–Crippen MR) is 68.6 cm³/mol. The third-order valence-corrected chi connectivity index (χ3v) is 5.36. The molecule has 1 aromatic heterocycles. The SMILES string of the molecule is CCc1ncc(S(=O)(=O)NC2CCCSC2)[nH]1. The third kappa shape index (κ3) is 3.23. The van der Waals surface area contributed by atoms with Crippen LogP contribution in [0.25, 0.3) is 0 Å². The van der Waals surface area contributed by atoms with E-state index in [-0.39, 0.29) is 11.1 Å². The van der Waals surface area contributed by atoms with Gasteiger partial charge in [-0.05, 0) is 18.6 Å². The maximum Gasteiger partial charge on any atom is 0.257 e. The molecular weight excluding hydrogens is 258 g/mol. The number of hydrogen-bond donors (Lipinski definition) is 2. The fourth-order valence-electron chi connectivity index (χ4n) is 1.78. The Morgan fingerprint density at radius 2 is 2.47 bits per heavy atom. The lowest BCUT2D eigenvalue weighted by Crippen LogP contribution is -2.38. The van der Waals surface area contributed by atoms with Crippen LogP contribution in [0.3, 0.4) is 0 Å². The van der Waals surface area contributed by atoms with Crippen molar-refractivity contribution in [2.75, 3.05) is 11.5 Å². The van der Waals surface area contributed by atoms with Crippen molar-refractivity contribution in [2.24, 2.45) is 0 Å². The van der Waals surface area contributed by atoms with E-state index >= 15 is 0 Å². The number of nitrogens with zero attached hydrogens (tertiary/aromatic N) is 1. The summed E-state index contributed by atoms with van der Waals surface area (Å²) in [5.74, 6) is 2.68. The molecule has 17 heavy (non-hydrogen) atoms. The van der Waals surface area contributed by atoms with E-state index in [4.69, 9.17) is 0 Å². The maximum absolute atomic E-state index is 12.0. The first-order valence-electron chi connectivity index (χ1n) is 5.76. The summed E-state index contributed by atoms with van der Waals surface area (Å²) in [4.78, 5) is 6.84. The summed E-state index contributed by atoms with van der Waals surface area (Å²) in [5, 5.41) is 0.171. The van der Waals surface area contributed by atoms with E-state index in [1.54, 1.807) is 11.8 Å². The number of sulfonamides is 1. The number of imidazole rings is 1. The number of thioether (sulfide) groups is 1. The van der Waals surface area contributed by atoms with E-state index in [1.165, 1.54) is 6.20 Å². The van der Waals surface area contributed by atoms with Gasteiger partial charge in [-0.1, -0.05) is 6.92 Å². The van der Waals surface area contributed by atoms with Crippen LogP contribution in [0, 0.1) is 0 Å². The summed E-state index contributed by atoms with van der Waals surface area (Å²) in [5.41, 5.74) is 0.